The third-order valence-corrected chi connectivity index (χ3v) is 2.15. The Kier molecular flexibility index (Phi) is 1.79. The summed E-state index contributed by atoms with van der Waals surface area (Å²) in [6.45, 7) is 0. The van der Waals surface area contributed by atoms with Crippen LogP contribution in [-0.2, 0) is 0 Å². The molecule has 1 aromatic heterocycles. The third kappa shape index (κ3) is 1.23. The van der Waals surface area contributed by atoms with Crippen molar-refractivity contribution >= 4 is 33.6 Å². The number of thiol groups is 1. The van der Waals surface area contributed by atoms with Crippen LogP contribution in [0.3, 0.4) is 0 Å². The van der Waals surface area contributed by atoms with Crippen molar-refractivity contribution in [3.05, 3.63) is 24.3 Å². The monoisotopic (exact) mass is 183 g/mol. The van der Waals surface area contributed by atoms with Crippen LogP contribution in [0.1, 0.15) is 0 Å². The van der Waals surface area contributed by atoms with Crippen LogP contribution in [-0.4, -0.2) is 4.98 Å². The number of para-hydroxylation sites is 2. The average molecular weight is 183 g/mol. The second kappa shape index (κ2) is 2.79. The van der Waals surface area contributed by atoms with Crippen molar-refractivity contribution < 1.29 is 4.42 Å². The molecule has 4 heteroatoms. The molecule has 2 rings (SSSR count). The Morgan fingerprint density at radius 3 is 2.91 bits per heavy atom. The average Bonchev–Trinajstić information content (AvgIpc) is 2.46. The highest BCUT2D eigenvalue weighted by Crippen LogP contribution is 2.24. The van der Waals surface area contributed by atoms with E-state index < -0.39 is 0 Å². The molecule has 2 aromatic rings. The molecule has 0 aliphatic heterocycles. The molecule has 0 spiro atoms. The maximum absolute atomic E-state index is 5.29. The molecule has 1 heterocycles. The lowest BCUT2D eigenvalue weighted by Crippen LogP contribution is -1.63. The van der Waals surface area contributed by atoms with Gasteiger partial charge in [0.1, 0.15) is 5.52 Å². The predicted molar refractivity (Wildman–Crippen MR) is 48.9 cm³/mol. The molecule has 0 radical (unpaired) electrons. The summed E-state index contributed by atoms with van der Waals surface area (Å²) < 4.78 is 5.29. The quantitative estimate of drug-likeness (QED) is 0.544. The largest absolute Gasteiger partial charge is 0.431 e. The van der Waals surface area contributed by atoms with Crippen LogP contribution >= 0.6 is 22.5 Å². The predicted octanol–water partition coefficient (Wildman–Crippen LogP) is 2.76. The van der Waals surface area contributed by atoms with Crippen molar-refractivity contribution in [3.63, 3.8) is 0 Å². The molecule has 0 atom stereocenters. The molecule has 0 bridgehead atoms. The zero-order valence-corrected chi connectivity index (χ0v) is 7.23. The van der Waals surface area contributed by atoms with Gasteiger partial charge in [0.05, 0.1) is 0 Å². The van der Waals surface area contributed by atoms with Gasteiger partial charge in [0.25, 0.3) is 5.22 Å². The van der Waals surface area contributed by atoms with Gasteiger partial charge in [-0.2, -0.15) is 0 Å². The van der Waals surface area contributed by atoms with Gasteiger partial charge in [-0.1, -0.05) is 12.1 Å². The first-order valence-electron chi connectivity index (χ1n) is 3.07. The maximum Gasteiger partial charge on any atom is 0.267 e. The van der Waals surface area contributed by atoms with Gasteiger partial charge in [-0.25, -0.2) is 4.98 Å². The molecule has 0 saturated heterocycles. The molecule has 1 aromatic carbocycles. The summed E-state index contributed by atoms with van der Waals surface area (Å²) in [5.74, 6) is 0. The number of nitrogens with zero attached hydrogens (tertiary/aromatic N) is 1. The van der Waals surface area contributed by atoms with Crippen LogP contribution in [0, 0.1) is 0 Å². The summed E-state index contributed by atoms with van der Waals surface area (Å²) in [6, 6.07) is 7.64. The van der Waals surface area contributed by atoms with E-state index in [1.54, 1.807) is 0 Å². The molecule has 2 nitrogen and oxygen atoms in total. The minimum absolute atomic E-state index is 0.592. The fourth-order valence-corrected chi connectivity index (χ4v) is 1.39. The number of oxazole rings is 1. The molecule has 11 heavy (non-hydrogen) atoms. The highest BCUT2D eigenvalue weighted by atomic mass is 33.1. The van der Waals surface area contributed by atoms with Crippen LogP contribution < -0.4 is 0 Å². The molecule has 0 fully saturated rings. The number of rotatable bonds is 1. The zero-order chi connectivity index (χ0) is 7.68. The fourth-order valence-electron chi connectivity index (χ4n) is 0.890. The Bertz CT molecular complexity index is 338. The lowest BCUT2D eigenvalue weighted by molar-refractivity contribution is 0.491. The molecule has 0 unspecified atom stereocenters. The minimum Gasteiger partial charge on any atom is -0.431 e. The number of fused-ring (bicyclic) bond motifs is 1. The summed E-state index contributed by atoms with van der Waals surface area (Å²) in [4.78, 5) is 4.15. The summed E-state index contributed by atoms with van der Waals surface area (Å²) in [6.07, 6.45) is 0. The molecular weight excluding hydrogens is 178 g/mol. The van der Waals surface area contributed by atoms with Gasteiger partial charge in [0, 0.05) is 0 Å². The Morgan fingerprint density at radius 1 is 1.36 bits per heavy atom. The van der Waals surface area contributed by atoms with E-state index in [2.05, 4.69) is 16.6 Å². The number of hydrogen-bond acceptors (Lipinski definition) is 4. The summed E-state index contributed by atoms with van der Waals surface area (Å²) in [5.41, 5.74) is 1.69. The van der Waals surface area contributed by atoms with Gasteiger partial charge in [0.15, 0.2) is 5.58 Å². The lowest BCUT2D eigenvalue weighted by atomic mass is 10.3. The second-order valence-electron chi connectivity index (χ2n) is 2.04. The summed E-state index contributed by atoms with van der Waals surface area (Å²) >= 11 is 3.98. The van der Waals surface area contributed by atoms with Gasteiger partial charge < -0.3 is 4.42 Å². The third-order valence-electron chi connectivity index (χ3n) is 1.35. The Balaban J connectivity index is 2.69. The second-order valence-corrected chi connectivity index (χ2v) is 3.12. The smallest absolute Gasteiger partial charge is 0.267 e. The van der Waals surface area contributed by atoms with Crippen LogP contribution in [0.4, 0.5) is 0 Å². The van der Waals surface area contributed by atoms with E-state index in [0.29, 0.717) is 5.22 Å². The van der Waals surface area contributed by atoms with E-state index in [0.717, 1.165) is 11.1 Å². The Labute approximate surface area is 72.8 Å². The van der Waals surface area contributed by atoms with Gasteiger partial charge in [-0.15, -0.1) is 11.7 Å². The Morgan fingerprint density at radius 2 is 2.18 bits per heavy atom. The number of hydrogen-bond donors (Lipinski definition) is 1. The van der Waals surface area contributed by atoms with E-state index >= 15 is 0 Å². The lowest BCUT2D eigenvalue weighted by Gasteiger charge is -1.80. The SMILES string of the molecule is SSc1nc2ccccc2o1. The normalized spacial score (nSPS) is 10.6. The molecule has 0 saturated carbocycles. The summed E-state index contributed by atoms with van der Waals surface area (Å²) in [5, 5.41) is 0.592. The fraction of sp³-hybridized carbons (Fsp3) is 0. The van der Waals surface area contributed by atoms with E-state index in [9.17, 15) is 0 Å². The van der Waals surface area contributed by atoms with Gasteiger partial charge in [-0.3, -0.25) is 0 Å². The maximum atomic E-state index is 5.29. The van der Waals surface area contributed by atoms with Crippen molar-refractivity contribution in [2.45, 2.75) is 5.22 Å². The first-order valence-corrected chi connectivity index (χ1v) is 4.94. The van der Waals surface area contributed by atoms with Crippen molar-refractivity contribution in [1.82, 2.24) is 4.98 Å². The zero-order valence-electron chi connectivity index (χ0n) is 5.52. The first kappa shape index (κ1) is 7.06. The highest BCUT2D eigenvalue weighted by molar-refractivity contribution is 8.68. The number of aromatic nitrogens is 1. The molecule has 0 aliphatic carbocycles. The van der Waals surface area contributed by atoms with Crippen molar-refractivity contribution in [2.24, 2.45) is 0 Å². The van der Waals surface area contributed by atoms with Crippen LogP contribution in [0.2, 0.25) is 0 Å². The molecule has 0 N–H and O–H groups in total. The number of benzene rings is 1. The van der Waals surface area contributed by atoms with E-state index in [1.165, 1.54) is 10.8 Å². The Hall–Kier alpha value is -0.610. The van der Waals surface area contributed by atoms with Crippen molar-refractivity contribution in [1.29, 1.82) is 0 Å². The highest BCUT2D eigenvalue weighted by Gasteiger charge is 2.01. The van der Waals surface area contributed by atoms with Gasteiger partial charge >= 0.3 is 0 Å². The van der Waals surface area contributed by atoms with E-state index in [-0.39, 0.29) is 0 Å². The van der Waals surface area contributed by atoms with E-state index in [1.807, 2.05) is 24.3 Å². The van der Waals surface area contributed by atoms with Crippen LogP contribution in [0.15, 0.2) is 33.9 Å². The van der Waals surface area contributed by atoms with Crippen molar-refractivity contribution in [2.75, 3.05) is 0 Å². The standard InChI is InChI=1S/C7H5NOS2/c10-11-7-8-5-3-1-2-4-6(5)9-7/h1-4,10H. The van der Waals surface area contributed by atoms with E-state index in [4.69, 9.17) is 4.42 Å². The summed E-state index contributed by atoms with van der Waals surface area (Å²) in [7, 11) is 1.21. The van der Waals surface area contributed by atoms with Crippen molar-refractivity contribution in [3.8, 4) is 0 Å². The van der Waals surface area contributed by atoms with Gasteiger partial charge in [0.2, 0.25) is 0 Å². The molecule has 56 valence electrons. The van der Waals surface area contributed by atoms with Crippen LogP contribution in [0.25, 0.3) is 11.1 Å². The van der Waals surface area contributed by atoms with Gasteiger partial charge in [-0.05, 0) is 22.9 Å². The minimum atomic E-state index is 0.592. The molecule has 0 aliphatic rings. The first-order chi connectivity index (χ1) is 5.40. The van der Waals surface area contributed by atoms with Crippen LogP contribution in [0.5, 0.6) is 0 Å². The molecular formula is C7H5NOS2. The topological polar surface area (TPSA) is 26.0 Å². The molecule has 0 amide bonds.